The maximum absolute atomic E-state index is 3.76. The van der Waals surface area contributed by atoms with Crippen LogP contribution in [0, 0.1) is 19.3 Å². The third-order valence-corrected chi connectivity index (χ3v) is 4.16. The number of aryl methyl sites for hydroxylation is 2. The second-order valence-corrected chi connectivity index (χ2v) is 8.20. The third kappa shape index (κ3) is 4.01. The van der Waals surface area contributed by atoms with Crippen molar-refractivity contribution in [1.82, 2.24) is 0 Å². The Bertz CT molecular complexity index is 458. The minimum absolute atomic E-state index is 0.210. The molecule has 0 saturated heterocycles. The Labute approximate surface area is 126 Å². The molecule has 0 fully saturated rings. The molecule has 0 bridgehead atoms. The molecule has 1 aromatic rings. The van der Waals surface area contributed by atoms with Crippen molar-refractivity contribution >= 4 is 5.69 Å². The molecule has 0 radical (unpaired) electrons. The summed E-state index contributed by atoms with van der Waals surface area (Å²) >= 11 is 0. The van der Waals surface area contributed by atoms with E-state index in [2.05, 4.69) is 79.8 Å². The summed E-state index contributed by atoms with van der Waals surface area (Å²) in [5, 5.41) is 3.76. The van der Waals surface area contributed by atoms with Gasteiger partial charge in [0.2, 0.25) is 0 Å². The van der Waals surface area contributed by atoms with Crippen LogP contribution in [0.3, 0.4) is 0 Å². The lowest BCUT2D eigenvalue weighted by molar-refractivity contribution is 0.333. The Kier molecular flexibility index (Phi) is 4.94. The van der Waals surface area contributed by atoms with Gasteiger partial charge in [-0.3, -0.25) is 0 Å². The van der Waals surface area contributed by atoms with E-state index in [4.69, 9.17) is 0 Å². The Hall–Kier alpha value is -0.980. The zero-order valence-electron chi connectivity index (χ0n) is 14.9. The van der Waals surface area contributed by atoms with Gasteiger partial charge < -0.3 is 5.32 Å². The van der Waals surface area contributed by atoms with Crippen LogP contribution in [0.5, 0.6) is 0 Å². The van der Waals surface area contributed by atoms with E-state index >= 15 is 0 Å². The number of nitrogens with one attached hydrogen (secondary N) is 1. The number of anilines is 1. The summed E-state index contributed by atoms with van der Waals surface area (Å²) in [6.45, 7) is 20.5. The topological polar surface area (TPSA) is 12.0 Å². The maximum Gasteiger partial charge on any atom is 0.0375 e. The predicted octanol–water partition coefficient (Wildman–Crippen LogP) is 5.84. The average Bonchev–Trinajstić information content (AvgIpc) is 2.26. The first-order chi connectivity index (χ1) is 8.96. The molecule has 1 heteroatoms. The Morgan fingerprint density at radius 1 is 0.950 bits per heavy atom. The van der Waals surface area contributed by atoms with Gasteiger partial charge in [0, 0.05) is 11.7 Å². The first-order valence-electron chi connectivity index (χ1n) is 7.85. The van der Waals surface area contributed by atoms with Gasteiger partial charge in [-0.2, -0.15) is 0 Å². The smallest absolute Gasteiger partial charge is 0.0375 e. The van der Waals surface area contributed by atoms with Gasteiger partial charge in [-0.15, -0.1) is 0 Å². The highest BCUT2D eigenvalue weighted by Crippen LogP contribution is 2.32. The molecule has 0 saturated carbocycles. The number of hydrogen-bond acceptors (Lipinski definition) is 1. The zero-order valence-corrected chi connectivity index (χ0v) is 14.9. The molecule has 20 heavy (non-hydrogen) atoms. The van der Waals surface area contributed by atoms with E-state index in [1.165, 1.54) is 22.4 Å². The van der Waals surface area contributed by atoms with Crippen LogP contribution in [0.15, 0.2) is 12.1 Å². The summed E-state index contributed by atoms with van der Waals surface area (Å²) in [5.41, 5.74) is 5.96. The minimum Gasteiger partial charge on any atom is -0.382 e. The first-order valence-corrected chi connectivity index (χ1v) is 7.85. The molecule has 1 nitrogen and oxygen atoms in total. The molecular formula is C19H33N. The van der Waals surface area contributed by atoms with E-state index in [-0.39, 0.29) is 10.8 Å². The van der Waals surface area contributed by atoms with Crippen LogP contribution in [-0.4, -0.2) is 6.04 Å². The molecule has 1 unspecified atom stereocenters. The third-order valence-electron chi connectivity index (χ3n) is 4.16. The molecule has 0 aliphatic rings. The Morgan fingerprint density at radius 3 is 1.90 bits per heavy atom. The first kappa shape index (κ1) is 17.1. The van der Waals surface area contributed by atoms with Gasteiger partial charge in [-0.25, -0.2) is 0 Å². The molecule has 1 N–H and O–H groups in total. The van der Waals surface area contributed by atoms with Crippen LogP contribution >= 0.6 is 0 Å². The Balaban J connectivity index is 3.13. The monoisotopic (exact) mass is 275 g/mol. The molecule has 1 atom stereocenters. The fourth-order valence-electron chi connectivity index (χ4n) is 2.90. The summed E-state index contributed by atoms with van der Waals surface area (Å²) in [5.74, 6) is 0. The zero-order chi connectivity index (χ0) is 15.7. The highest BCUT2D eigenvalue weighted by molar-refractivity contribution is 5.56. The van der Waals surface area contributed by atoms with Crippen molar-refractivity contribution in [1.29, 1.82) is 0 Å². The van der Waals surface area contributed by atoms with Crippen LogP contribution in [-0.2, 0) is 5.41 Å². The maximum atomic E-state index is 3.76. The summed E-state index contributed by atoms with van der Waals surface area (Å²) in [4.78, 5) is 0. The van der Waals surface area contributed by atoms with Gasteiger partial charge in [0.25, 0.3) is 0 Å². The number of rotatable bonds is 3. The number of hydrogen-bond donors (Lipinski definition) is 1. The van der Waals surface area contributed by atoms with Gasteiger partial charge in [0.1, 0.15) is 0 Å². The molecule has 0 heterocycles. The molecule has 0 spiro atoms. The Morgan fingerprint density at radius 2 is 1.50 bits per heavy atom. The van der Waals surface area contributed by atoms with E-state index < -0.39 is 0 Å². The fraction of sp³-hybridized carbons (Fsp3) is 0.684. The van der Waals surface area contributed by atoms with Crippen molar-refractivity contribution < 1.29 is 0 Å². The van der Waals surface area contributed by atoms with Gasteiger partial charge in [0.15, 0.2) is 0 Å². The van der Waals surface area contributed by atoms with Crippen molar-refractivity contribution in [2.24, 2.45) is 5.41 Å². The second-order valence-electron chi connectivity index (χ2n) is 8.20. The normalized spacial score (nSPS) is 14.2. The predicted molar refractivity (Wildman–Crippen MR) is 91.8 cm³/mol. The lowest BCUT2D eigenvalue weighted by Crippen LogP contribution is -2.33. The van der Waals surface area contributed by atoms with Crippen molar-refractivity contribution in [3.05, 3.63) is 28.8 Å². The molecule has 0 aliphatic heterocycles. The van der Waals surface area contributed by atoms with Crippen LogP contribution in [0.1, 0.15) is 71.6 Å². The fourth-order valence-corrected chi connectivity index (χ4v) is 2.90. The summed E-state index contributed by atoms with van der Waals surface area (Å²) < 4.78 is 0. The van der Waals surface area contributed by atoms with Crippen molar-refractivity contribution in [3.8, 4) is 0 Å². The van der Waals surface area contributed by atoms with Gasteiger partial charge >= 0.3 is 0 Å². The van der Waals surface area contributed by atoms with Gasteiger partial charge in [0.05, 0.1) is 0 Å². The molecule has 0 amide bonds. The van der Waals surface area contributed by atoms with Gasteiger partial charge in [-0.1, -0.05) is 54.5 Å². The number of benzene rings is 1. The van der Waals surface area contributed by atoms with Crippen molar-refractivity contribution in [3.63, 3.8) is 0 Å². The SMILES string of the molecule is CCC(Nc1cc(C)c(C(C)(C)C)cc1C)C(C)(C)C. The highest BCUT2D eigenvalue weighted by Gasteiger charge is 2.24. The van der Waals surface area contributed by atoms with Crippen molar-refractivity contribution in [2.75, 3.05) is 5.32 Å². The van der Waals surface area contributed by atoms with E-state index in [9.17, 15) is 0 Å². The van der Waals surface area contributed by atoms with Gasteiger partial charge in [-0.05, 0) is 53.9 Å². The lowest BCUT2D eigenvalue weighted by Gasteiger charge is -2.33. The van der Waals surface area contributed by atoms with Crippen molar-refractivity contribution in [2.45, 2.75) is 80.2 Å². The van der Waals surface area contributed by atoms with Crippen LogP contribution in [0.25, 0.3) is 0 Å². The largest absolute Gasteiger partial charge is 0.382 e. The molecule has 0 aromatic heterocycles. The molecular weight excluding hydrogens is 242 g/mol. The standard InChI is InChI=1S/C19H33N/c1-10-17(19(7,8)9)20-16-12-13(2)15(11-14(16)3)18(4,5)6/h11-12,17,20H,10H2,1-9H3. The quantitative estimate of drug-likeness (QED) is 0.731. The van der Waals surface area contributed by atoms with E-state index in [0.717, 1.165) is 6.42 Å². The molecule has 1 rings (SSSR count). The van der Waals surface area contributed by atoms with Crippen LogP contribution in [0.4, 0.5) is 5.69 Å². The average molecular weight is 275 g/mol. The molecule has 114 valence electrons. The summed E-state index contributed by atoms with van der Waals surface area (Å²) in [6.07, 6.45) is 1.14. The minimum atomic E-state index is 0.210. The lowest BCUT2D eigenvalue weighted by atomic mass is 9.82. The van der Waals surface area contributed by atoms with E-state index in [1.54, 1.807) is 0 Å². The van der Waals surface area contributed by atoms with E-state index in [1.807, 2.05) is 0 Å². The summed E-state index contributed by atoms with van der Waals surface area (Å²) in [6, 6.07) is 5.18. The highest BCUT2D eigenvalue weighted by atomic mass is 14.9. The second kappa shape index (κ2) is 5.79. The molecule has 0 aliphatic carbocycles. The van der Waals surface area contributed by atoms with Crippen LogP contribution in [0.2, 0.25) is 0 Å². The summed E-state index contributed by atoms with van der Waals surface area (Å²) in [7, 11) is 0. The van der Waals surface area contributed by atoms with Crippen LogP contribution < -0.4 is 5.32 Å². The van der Waals surface area contributed by atoms with E-state index in [0.29, 0.717) is 6.04 Å². The molecule has 1 aromatic carbocycles.